The summed E-state index contributed by atoms with van der Waals surface area (Å²) >= 11 is 0. The first kappa shape index (κ1) is 22.3. The monoisotopic (exact) mass is 485 g/mol. The molecule has 0 amide bonds. The minimum absolute atomic E-state index is 0.933. The van der Waals surface area contributed by atoms with E-state index in [1.807, 2.05) is 0 Å². The molecule has 0 atom stereocenters. The highest BCUT2D eigenvalue weighted by atomic mass is 15.0. The molecule has 0 aliphatic carbocycles. The van der Waals surface area contributed by atoms with Gasteiger partial charge in [0.25, 0.3) is 0 Å². The first-order chi connectivity index (χ1) is 18.8. The fourth-order valence-corrected chi connectivity index (χ4v) is 5.50. The lowest BCUT2D eigenvalue weighted by Crippen LogP contribution is -1.93. The molecule has 6 aromatic carbocycles. The van der Waals surface area contributed by atoms with Crippen molar-refractivity contribution in [2.24, 2.45) is 0 Å². The van der Waals surface area contributed by atoms with Gasteiger partial charge in [0, 0.05) is 16.5 Å². The maximum atomic E-state index is 2.36. The lowest BCUT2D eigenvalue weighted by atomic mass is 9.98. The summed E-state index contributed by atoms with van der Waals surface area (Å²) in [5.74, 6) is 0. The van der Waals surface area contributed by atoms with E-state index in [1.165, 1.54) is 60.9 Å². The van der Waals surface area contributed by atoms with Crippen molar-refractivity contribution >= 4 is 21.8 Å². The van der Waals surface area contributed by atoms with Crippen molar-refractivity contribution < 1.29 is 0 Å². The van der Waals surface area contributed by atoms with Gasteiger partial charge in [-0.05, 0) is 64.1 Å². The predicted molar refractivity (Wildman–Crippen MR) is 161 cm³/mol. The molecule has 0 saturated carbocycles. The van der Waals surface area contributed by atoms with Crippen LogP contribution in [0, 0.1) is 0 Å². The molecule has 0 aliphatic heterocycles. The van der Waals surface area contributed by atoms with Gasteiger partial charge in [-0.2, -0.15) is 0 Å². The zero-order chi connectivity index (χ0) is 25.3. The van der Waals surface area contributed by atoms with E-state index in [4.69, 9.17) is 0 Å². The minimum Gasteiger partial charge on any atom is -0.309 e. The van der Waals surface area contributed by atoms with E-state index in [0.717, 1.165) is 6.42 Å². The van der Waals surface area contributed by atoms with E-state index >= 15 is 0 Å². The van der Waals surface area contributed by atoms with Gasteiger partial charge in [-0.15, -0.1) is 0 Å². The highest BCUT2D eigenvalue weighted by molar-refractivity contribution is 6.09. The third kappa shape index (κ3) is 4.09. The number of nitrogens with zero attached hydrogens (tertiary/aromatic N) is 1. The molecule has 0 unspecified atom stereocenters. The van der Waals surface area contributed by atoms with Crippen LogP contribution in [0.2, 0.25) is 0 Å². The van der Waals surface area contributed by atoms with Crippen molar-refractivity contribution in [3.05, 3.63) is 163 Å². The van der Waals surface area contributed by atoms with Gasteiger partial charge in [-0.3, -0.25) is 0 Å². The van der Waals surface area contributed by atoms with Crippen LogP contribution < -0.4 is 0 Å². The molecule has 180 valence electrons. The van der Waals surface area contributed by atoms with Crippen molar-refractivity contribution in [3.8, 4) is 27.9 Å². The molecule has 1 nitrogen and oxygen atoms in total. The van der Waals surface area contributed by atoms with Crippen LogP contribution in [-0.4, -0.2) is 4.57 Å². The number of para-hydroxylation sites is 2. The average molecular weight is 486 g/mol. The second-order valence-electron chi connectivity index (χ2n) is 9.85. The Morgan fingerprint density at radius 1 is 0.342 bits per heavy atom. The molecule has 7 rings (SSSR count). The molecule has 38 heavy (non-hydrogen) atoms. The van der Waals surface area contributed by atoms with Crippen LogP contribution in [-0.2, 0) is 6.42 Å². The summed E-state index contributed by atoms with van der Waals surface area (Å²) in [6.07, 6.45) is 0.933. The quantitative estimate of drug-likeness (QED) is 0.229. The minimum atomic E-state index is 0.933. The van der Waals surface area contributed by atoms with E-state index < -0.39 is 0 Å². The molecule has 0 spiro atoms. The topological polar surface area (TPSA) is 4.93 Å². The Morgan fingerprint density at radius 2 is 0.737 bits per heavy atom. The number of hydrogen-bond donors (Lipinski definition) is 0. The van der Waals surface area contributed by atoms with Gasteiger partial charge in [-0.1, -0.05) is 127 Å². The summed E-state index contributed by atoms with van der Waals surface area (Å²) in [6.45, 7) is 0. The largest absolute Gasteiger partial charge is 0.309 e. The molecule has 0 fully saturated rings. The Hall–Kier alpha value is -4.88. The van der Waals surface area contributed by atoms with Crippen LogP contribution in [0.4, 0.5) is 0 Å². The Kier molecular flexibility index (Phi) is 5.60. The third-order valence-corrected chi connectivity index (χ3v) is 7.46. The summed E-state index contributed by atoms with van der Waals surface area (Å²) in [5.41, 5.74) is 11.3. The maximum absolute atomic E-state index is 2.36. The van der Waals surface area contributed by atoms with Gasteiger partial charge in [0.15, 0.2) is 0 Å². The fourth-order valence-electron chi connectivity index (χ4n) is 5.50. The standard InChI is InChI=1S/C37H27N/c1-2-8-29(9-3-1)30-18-14-27(15-19-30)26-28-16-20-31(21-17-28)32-22-24-33(25-23-32)38-36-12-6-4-10-34(36)35-11-5-7-13-37(35)38/h1-25H,26H2. The molecule has 1 aromatic heterocycles. The van der Waals surface area contributed by atoms with Gasteiger partial charge in [0.05, 0.1) is 11.0 Å². The van der Waals surface area contributed by atoms with Crippen LogP contribution in [0.15, 0.2) is 152 Å². The molecule has 0 radical (unpaired) electrons. The van der Waals surface area contributed by atoms with Crippen LogP contribution in [0.1, 0.15) is 11.1 Å². The van der Waals surface area contributed by atoms with Crippen molar-refractivity contribution in [2.45, 2.75) is 6.42 Å². The summed E-state index contributed by atoms with van der Waals surface area (Å²) in [4.78, 5) is 0. The van der Waals surface area contributed by atoms with Crippen LogP contribution in [0.5, 0.6) is 0 Å². The van der Waals surface area contributed by atoms with Crippen molar-refractivity contribution in [1.82, 2.24) is 4.57 Å². The molecule has 0 aliphatic rings. The molecular weight excluding hydrogens is 458 g/mol. The molecule has 7 aromatic rings. The molecule has 0 saturated heterocycles. The molecule has 0 bridgehead atoms. The van der Waals surface area contributed by atoms with Gasteiger partial charge >= 0.3 is 0 Å². The van der Waals surface area contributed by atoms with Gasteiger partial charge in [0.1, 0.15) is 0 Å². The normalized spacial score (nSPS) is 11.3. The first-order valence-electron chi connectivity index (χ1n) is 13.2. The van der Waals surface area contributed by atoms with E-state index in [2.05, 4.69) is 156 Å². The molecule has 1 heterocycles. The summed E-state index contributed by atoms with van der Waals surface area (Å²) < 4.78 is 2.36. The highest BCUT2D eigenvalue weighted by Crippen LogP contribution is 2.32. The van der Waals surface area contributed by atoms with E-state index in [1.54, 1.807) is 0 Å². The predicted octanol–water partition coefficient (Wildman–Crippen LogP) is 9.71. The number of hydrogen-bond acceptors (Lipinski definition) is 0. The van der Waals surface area contributed by atoms with Crippen LogP contribution >= 0.6 is 0 Å². The van der Waals surface area contributed by atoms with Crippen molar-refractivity contribution in [1.29, 1.82) is 0 Å². The molecule has 1 heteroatoms. The highest BCUT2D eigenvalue weighted by Gasteiger charge is 2.11. The summed E-state index contributed by atoms with van der Waals surface area (Å²) in [6, 6.07) is 54.7. The van der Waals surface area contributed by atoms with E-state index in [0.29, 0.717) is 0 Å². The zero-order valence-electron chi connectivity index (χ0n) is 21.1. The summed E-state index contributed by atoms with van der Waals surface area (Å²) in [5, 5.41) is 2.58. The lowest BCUT2D eigenvalue weighted by Gasteiger charge is -2.10. The third-order valence-electron chi connectivity index (χ3n) is 7.46. The number of benzene rings is 6. The van der Waals surface area contributed by atoms with E-state index in [9.17, 15) is 0 Å². The Bertz CT molecular complexity index is 1790. The first-order valence-corrected chi connectivity index (χ1v) is 13.2. The second-order valence-corrected chi connectivity index (χ2v) is 9.85. The van der Waals surface area contributed by atoms with Gasteiger partial charge in [-0.25, -0.2) is 0 Å². The van der Waals surface area contributed by atoms with Crippen molar-refractivity contribution in [3.63, 3.8) is 0 Å². The van der Waals surface area contributed by atoms with Gasteiger partial charge < -0.3 is 4.57 Å². The number of fused-ring (bicyclic) bond motifs is 3. The smallest absolute Gasteiger partial charge is 0.0541 e. The molecular formula is C37H27N. The maximum Gasteiger partial charge on any atom is 0.0541 e. The summed E-state index contributed by atoms with van der Waals surface area (Å²) in [7, 11) is 0. The zero-order valence-corrected chi connectivity index (χ0v) is 21.1. The number of aromatic nitrogens is 1. The van der Waals surface area contributed by atoms with E-state index in [-0.39, 0.29) is 0 Å². The average Bonchev–Trinajstić information content (AvgIpc) is 3.33. The second kappa shape index (κ2) is 9.53. The van der Waals surface area contributed by atoms with Crippen LogP contribution in [0.25, 0.3) is 49.7 Å². The Balaban J connectivity index is 1.12. The Labute approximate surface area is 223 Å². The molecule has 0 N–H and O–H groups in total. The fraction of sp³-hybridized carbons (Fsp3) is 0.0270. The van der Waals surface area contributed by atoms with Gasteiger partial charge in [0.2, 0.25) is 0 Å². The number of rotatable bonds is 5. The SMILES string of the molecule is c1ccc(-c2ccc(Cc3ccc(-c4ccc(-n5c6ccccc6c6ccccc65)cc4)cc3)cc2)cc1. The lowest BCUT2D eigenvalue weighted by molar-refractivity contribution is 1.18. The Morgan fingerprint density at radius 3 is 1.24 bits per heavy atom. The van der Waals surface area contributed by atoms with Crippen LogP contribution in [0.3, 0.4) is 0 Å². The van der Waals surface area contributed by atoms with Crippen molar-refractivity contribution in [2.75, 3.05) is 0 Å².